The van der Waals surface area contributed by atoms with Crippen molar-refractivity contribution in [1.29, 1.82) is 0 Å². The number of nitrogens with zero attached hydrogens (tertiary/aromatic N) is 1. The van der Waals surface area contributed by atoms with Crippen LogP contribution in [0.15, 0.2) is 24.3 Å². The van der Waals surface area contributed by atoms with E-state index in [4.69, 9.17) is 5.73 Å². The number of aliphatic hydroxyl groups is 1. The van der Waals surface area contributed by atoms with Gasteiger partial charge in [0.1, 0.15) is 0 Å². The molecule has 0 amide bonds. The summed E-state index contributed by atoms with van der Waals surface area (Å²) >= 11 is 0. The van der Waals surface area contributed by atoms with Crippen molar-refractivity contribution in [1.82, 2.24) is 4.90 Å². The highest BCUT2D eigenvalue weighted by atomic mass is 16.3. The fourth-order valence-corrected chi connectivity index (χ4v) is 2.50. The molecule has 1 aromatic rings. The minimum Gasteiger partial charge on any atom is -0.393 e. The van der Waals surface area contributed by atoms with Crippen molar-refractivity contribution in [3.63, 3.8) is 0 Å². The van der Waals surface area contributed by atoms with Crippen molar-refractivity contribution >= 4 is 0 Å². The summed E-state index contributed by atoms with van der Waals surface area (Å²) in [5.41, 5.74) is 7.66. The summed E-state index contributed by atoms with van der Waals surface area (Å²) in [5, 5.41) is 9.60. The average Bonchev–Trinajstić information content (AvgIpc) is 2.87. The molecule has 2 unspecified atom stereocenters. The van der Waals surface area contributed by atoms with E-state index in [0.29, 0.717) is 12.5 Å². The Bertz CT molecular complexity index is 456. The van der Waals surface area contributed by atoms with Crippen molar-refractivity contribution in [2.75, 3.05) is 19.6 Å². The summed E-state index contributed by atoms with van der Waals surface area (Å²) in [6.45, 7) is 5.31. The van der Waals surface area contributed by atoms with Crippen LogP contribution in [0.4, 0.5) is 0 Å². The molecular weight excluding hydrogens is 236 g/mol. The van der Waals surface area contributed by atoms with E-state index in [-0.39, 0.29) is 6.10 Å². The molecule has 3 nitrogen and oxygen atoms in total. The third-order valence-electron chi connectivity index (χ3n) is 3.69. The van der Waals surface area contributed by atoms with Gasteiger partial charge in [0.15, 0.2) is 0 Å². The number of rotatable bonds is 3. The van der Waals surface area contributed by atoms with Crippen LogP contribution in [0.25, 0.3) is 0 Å². The SMILES string of the molecule is CC(O)C1CCN(Cc2ccc(C#CCN)cc2)C1. The van der Waals surface area contributed by atoms with Crippen LogP contribution in [0.2, 0.25) is 0 Å². The summed E-state index contributed by atoms with van der Waals surface area (Å²) in [6, 6.07) is 8.33. The summed E-state index contributed by atoms with van der Waals surface area (Å²) in [7, 11) is 0. The molecule has 3 heteroatoms. The zero-order valence-electron chi connectivity index (χ0n) is 11.5. The number of hydrogen-bond acceptors (Lipinski definition) is 3. The van der Waals surface area contributed by atoms with Gasteiger partial charge in [-0.2, -0.15) is 0 Å². The second-order valence-electron chi connectivity index (χ2n) is 5.23. The molecule has 1 fully saturated rings. The third-order valence-corrected chi connectivity index (χ3v) is 3.69. The summed E-state index contributed by atoms with van der Waals surface area (Å²) < 4.78 is 0. The maximum Gasteiger partial charge on any atom is 0.0555 e. The van der Waals surface area contributed by atoms with Gasteiger partial charge in [-0.25, -0.2) is 0 Å². The molecule has 1 saturated heterocycles. The molecule has 0 aromatic heterocycles. The van der Waals surface area contributed by atoms with Crippen molar-refractivity contribution in [3.8, 4) is 11.8 Å². The van der Waals surface area contributed by atoms with Crippen molar-refractivity contribution in [2.24, 2.45) is 11.7 Å². The van der Waals surface area contributed by atoms with Gasteiger partial charge in [0, 0.05) is 18.7 Å². The van der Waals surface area contributed by atoms with Crippen LogP contribution in [-0.2, 0) is 6.54 Å². The van der Waals surface area contributed by atoms with Gasteiger partial charge in [-0.15, -0.1) is 0 Å². The van der Waals surface area contributed by atoms with Crippen LogP contribution in [0.5, 0.6) is 0 Å². The zero-order chi connectivity index (χ0) is 13.7. The second kappa shape index (κ2) is 6.72. The molecule has 0 radical (unpaired) electrons. The van der Waals surface area contributed by atoms with Gasteiger partial charge in [-0.05, 0) is 43.5 Å². The van der Waals surface area contributed by atoms with E-state index in [2.05, 4.69) is 28.9 Å². The second-order valence-corrected chi connectivity index (χ2v) is 5.23. The lowest BCUT2D eigenvalue weighted by atomic mass is 10.0. The van der Waals surface area contributed by atoms with Crippen molar-refractivity contribution < 1.29 is 5.11 Å². The number of aliphatic hydroxyl groups excluding tert-OH is 1. The average molecular weight is 258 g/mol. The molecule has 0 spiro atoms. The topological polar surface area (TPSA) is 49.5 Å². The van der Waals surface area contributed by atoms with Gasteiger partial charge in [0.05, 0.1) is 12.6 Å². The molecule has 0 saturated carbocycles. The van der Waals surface area contributed by atoms with Gasteiger partial charge in [-0.1, -0.05) is 24.0 Å². The molecule has 2 rings (SSSR count). The Balaban J connectivity index is 1.90. The van der Waals surface area contributed by atoms with Crippen LogP contribution < -0.4 is 5.73 Å². The lowest BCUT2D eigenvalue weighted by Crippen LogP contribution is -2.23. The number of likely N-dealkylation sites (tertiary alicyclic amines) is 1. The van der Waals surface area contributed by atoms with Crippen LogP contribution in [-0.4, -0.2) is 35.7 Å². The Morgan fingerprint density at radius 2 is 2.16 bits per heavy atom. The number of benzene rings is 1. The minimum atomic E-state index is -0.195. The van der Waals surface area contributed by atoms with Crippen molar-refractivity contribution in [2.45, 2.75) is 26.0 Å². The normalized spacial score (nSPS) is 20.9. The standard InChI is InChI=1S/C16H22N2O/c1-13(19)16-8-10-18(12-16)11-15-6-4-14(5-7-15)3-2-9-17/h4-7,13,16,19H,8-12,17H2,1H3. The van der Waals surface area contributed by atoms with E-state index in [1.165, 1.54) is 5.56 Å². The largest absolute Gasteiger partial charge is 0.393 e. The van der Waals surface area contributed by atoms with E-state index in [0.717, 1.165) is 31.6 Å². The van der Waals surface area contributed by atoms with Crippen LogP contribution in [0.1, 0.15) is 24.5 Å². The fourth-order valence-electron chi connectivity index (χ4n) is 2.50. The Morgan fingerprint density at radius 1 is 1.42 bits per heavy atom. The lowest BCUT2D eigenvalue weighted by molar-refractivity contribution is 0.127. The first-order valence-corrected chi connectivity index (χ1v) is 6.87. The molecule has 19 heavy (non-hydrogen) atoms. The zero-order valence-corrected chi connectivity index (χ0v) is 11.5. The Hall–Kier alpha value is -1.34. The van der Waals surface area contributed by atoms with Crippen LogP contribution in [0, 0.1) is 17.8 Å². The molecule has 1 aromatic carbocycles. The monoisotopic (exact) mass is 258 g/mol. The predicted octanol–water partition coefficient (Wildman–Crippen LogP) is 1.20. The Labute approximate surface area is 115 Å². The highest BCUT2D eigenvalue weighted by molar-refractivity contribution is 5.36. The smallest absolute Gasteiger partial charge is 0.0555 e. The van der Waals surface area contributed by atoms with E-state index in [1.54, 1.807) is 0 Å². The molecule has 1 aliphatic rings. The Kier molecular flexibility index (Phi) is 4.98. The summed E-state index contributed by atoms with van der Waals surface area (Å²) in [4.78, 5) is 2.40. The third kappa shape index (κ3) is 4.07. The summed E-state index contributed by atoms with van der Waals surface area (Å²) in [6.07, 6.45) is 0.900. The molecule has 0 aliphatic carbocycles. The number of hydrogen-bond donors (Lipinski definition) is 2. The lowest BCUT2D eigenvalue weighted by Gasteiger charge is -2.17. The molecule has 1 aliphatic heterocycles. The summed E-state index contributed by atoms with van der Waals surface area (Å²) in [5.74, 6) is 6.31. The maximum absolute atomic E-state index is 9.60. The maximum atomic E-state index is 9.60. The van der Waals surface area contributed by atoms with E-state index < -0.39 is 0 Å². The predicted molar refractivity (Wildman–Crippen MR) is 77.4 cm³/mol. The van der Waals surface area contributed by atoms with Gasteiger partial charge in [0.2, 0.25) is 0 Å². The quantitative estimate of drug-likeness (QED) is 0.801. The molecule has 0 bridgehead atoms. The fraction of sp³-hybridized carbons (Fsp3) is 0.500. The first-order chi connectivity index (χ1) is 9.19. The van der Waals surface area contributed by atoms with Gasteiger partial charge in [-0.3, -0.25) is 4.90 Å². The minimum absolute atomic E-state index is 0.195. The molecule has 1 heterocycles. The highest BCUT2D eigenvalue weighted by Gasteiger charge is 2.25. The molecule has 102 valence electrons. The van der Waals surface area contributed by atoms with Crippen LogP contribution in [0.3, 0.4) is 0 Å². The molecule has 2 atom stereocenters. The number of nitrogens with two attached hydrogens (primary N) is 1. The Morgan fingerprint density at radius 3 is 2.74 bits per heavy atom. The van der Waals surface area contributed by atoms with Crippen LogP contribution >= 0.6 is 0 Å². The first-order valence-electron chi connectivity index (χ1n) is 6.87. The van der Waals surface area contributed by atoms with Gasteiger partial charge in [0.25, 0.3) is 0 Å². The van der Waals surface area contributed by atoms with Crippen molar-refractivity contribution in [3.05, 3.63) is 35.4 Å². The molecule has 3 N–H and O–H groups in total. The first kappa shape index (κ1) is 14.1. The van der Waals surface area contributed by atoms with Gasteiger partial charge >= 0.3 is 0 Å². The van der Waals surface area contributed by atoms with E-state index in [9.17, 15) is 5.11 Å². The van der Waals surface area contributed by atoms with E-state index in [1.807, 2.05) is 19.1 Å². The van der Waals surface area contributed by atoms with E-state index >= 15 is 0 Å². The highest BCUT2D eigenvalue weighted by Crippen LogP contribution is 2.21. The molecular formula is C16H22N2O. The van der Waals surface area contributed by atoms with Gasteiger partial charge < -0.3 is 10.8 Å².